The summed E-state index contributed by atoms with van der Waals surface area (Å²) in [4.78, 5) is 0.293. The van der Waals surface area contributed by atoms with Crippen molar-refractivity contribution < 1.29 is 13.5 Å². The fraction of sp³-hybridized carbons (Fsp3) is 0.733. The minimum Gasteiger partial charge on any atom is -0.390 e. The molecule has 1 aromatic rings. The topological polar surface area (TPSA) is 62.5 Å². The highest BCUT2D eigenvalue weighted by Crippen LogP contribution is 2.30. The predicted molar refractivity (Wildman–Crippen MR) is 82.5 cm³/mol. The van der Waals surface area contributed by atoms with Crippen LogP contribution in [0.25, 0.3) is 0 Å². The van der Waals surface area contributed by atoms with Gasteiger partial charge >= 0.3 is 0 Å². The Labute approximate surface area is 127 Å². The summed E-state index contributed by atoms with van der Waals surface area (Å²) in [5.74, 6) is 0.373. The highest BCUT2D eigenvalue weighted by atomic mass is 32.2. The molecule has 5 nitrogen and oxygen atoms in total. The van der Waals surface area contributed by atoms with Crippen LogP contribution >= 0.6 is 0 Å². The SMILES string of the molecule is CC1CCCN(S(=O)(=O)c2cc(CO)n(C(C)C)c2)C1C. The molecule has 2 rings (SSSR count). The van der Waals surface area contributed by atoms with E-state index in [9.17, 15) is 13.5 Å². The zero-order valence-electron chi connectivity index (χ0n) is 13.3. The van der Waals surface area contributed by atoms with Crippen molar-refractivity contribution in [2.45, 2.75) is 64.1 Å². The predicted octanol–water partition coefficient (Wildman–Crippen LogP) is 2.37. The molecule has 1 N–H and O–H groups in total. The summed E-state index contributed by atoms with van der Waals surface area (Å²) in [7, 11) is -3.49. The quantitative estimate of drug-likeness (QED) is 0.928. The average Bonchev–Trinajstić information content (AvgIpc) is 2.86. The van der Waals surface area contributed by atoms with E-state index in [4.69, 9.17) is 0 Å². The number of aliphatic hydroxyl groups is 1. The second-order valence-electron chi connectivity index (χ2n) is 6.30. The van der Waals surface area contributed by atoms with Gasteiger partial charge in [-0.2, -0.15) is 4.31 Å². The van der Waals surface area contributed by atoms with Crippen LogP contribution in [0.1, 0.15) is 52.3 Å². The molecule has 6 heteroatoms. The molecule has 2 unspecified atom stereocenters. The first-order chi connectivity index (χ1) is 9.78. The summed E-state index contributed by atoms with van der Waals surface area (Å²) in [5, 5.41) is 9.42. The van der Waals surface area contributed by atoms with Crippen LogP contribution in [0.3, 0.4) is 0 Å². The Morgan fingerprint density at radius 2 is 2.05 bits per heavy atom. The summed E-state index contributed by atoms with van der Waals surface area (Å²) in [6.07, 6.45) is 3.63. The summed E-state index contributed by atoms with van der Waals surface area (Å²) >= 11 is 0. The minimum absolute atomic E-state index is 0.0173. The minimum atomic E-state index is -3.49. The molecule has 21 heavy (non-hydrogen) atoms. The van der Waals surface area contributed by atoms with Gasteiger partial charge in [-0.3, -0.25) is 0 Å². The second-order valence-corrected chi connectivity index (χ2v) is 8.19. The molecule has 2 heterocycles. The molecule has 0 radical (unpaired) electrons. The van der Waals surface area contributed by atoms with E-state index in [0.29, 0.717) is 23.1 Å². The molecule has 0 spiro atoms. The van der Waals surface area contributed by atoms with Crippen molar-refractivity contribution >= 4 is 10.0 Å². The van der Waals surface area contributed by atoms with Gasteiger partial charge in [0.05, 0.1) is 6.61 Å². The van der Waals surface area contributed by atoms with Gasteiger partial charge in [0.2, 0.25) is 10.0 Å². The Morgan fingerprint density at radius 1 is 1.38 bits per heavy atom. The lowest BCUT2D eigenvalue weighted by molar-refractivity contribution is 0.202. The molecular weight excluding hydrogens is 288 g/mol. The number of hydrogen-bond donors (Lipinski definition) is 1. The molecule has 1 aliphatic rings. The van der Waals surface area contributed by atoms with Crippen LogP contribution in [0.4, 0.5) is 0 Å². The Morgan fingerprint density at radius 3 is 2.57 bits per heavy atom. The molecule has 1 aromatic heterocycles. The van der Waals surface area contributed by atoms with E-state index >= 15 is 0 Å². The van der Waals surface area contributed by atoms with Crippen LogP contribution in [0.15, 0.2) is 17.2 Å². The largest absolute Gasteiger partial charge is 0.390 e. The van der Waals surface area contributed by atoms with Gasteiger partial charge in [0.1, 0.15) is 4.90 Å². The fourth-order valence-electron chi connectivity index (χ4n) is 3.02. The van der Waals surface area contributed by atoms with Crippen molar-refractivity contribution in [1.29, 1.82) is 0 Å². The first kappa shape index (κ1) is 16.5. The average molecular weight is 314 g/mol. The third-order valence-corrected chi connectivity index (χ3v) is 6.50. The first-order valence-electron chi connectivity index (χ1n) is 7.62. The van der Waals surface area contributed by atoms with Crippen LogP contribution in [0, 0.1) is 5.92 Å². The van der Waals surface area contributed by atoms with Gasteiger partial charge in [-0.1, -0.05) is 6.92 Å². The number of sulfonamides is 1. The van der Waals surface area contributed by atoms with Crippen molar-refractivity contribution in [3.05, 3.63) is 18.0 Å². The number of piperidine rings is 1. The Bertz CT molecular complexity index is 592. The lowest BCUT2D eigenvalue weighted by Gasteiger charge is -2.36. The van der Waals surface area contributed by atoms with Gasteiger partial charge in [-0.25, -0.2) is 8.42 Å². The Balaban J connectivity index is 2.40. The molecule has 1 saturated heterocycles. The van der Waals surface area contributed by atoms with Crippen LogP contribution in [-0.2, 0) is 16.6 Å². The molecule has 0 aliphatic carbocycles. The Kier molecular flexibility index (Phi) is 4.80. The first-order valence-corrected chi connectivity index (χ1v) is 9.06. The van der Waals surface area contributed by atoms with E-state index in [1.807, 2.05) is 25.3 Å². The number of nitrogens with zero attached hydrogens (tertiary/aromatic N) is 2. The van der Waals surface area contributed by atoms with Gasteiger partial charge in [0, 0.05) is 30.5 Å². The van der Waals surface area contributed by atoms with E-state index in [-0.39, 0.29) is 18.7 Å². The summed E-state index contributed by atoms with van der Waals surface area (Å²) < 4.78 is 29.2. The van der Waals surface area contributed by atoms with Crippen molar-refractivity contribution in [2.24, 2.45) is 5.92 Å². The maximum Gasteiger partial charge on any atom is 0.244 e. The number of hydrogen-bond acceptors (Lipinski definition) is 3. The van der Waals surface area contributed by atoms with Crippen molar-refractivity contribution in [3.8, 4) is 0 Å². The van der Waals surface area contributed by atoms with E-state index in [1.165, 1.54) is 0 Å². The molecular formula is C15H26N2O3S. The van der Waals surface area contributed by atoms with Crippen LogP contribution in [-0.4, -0.2) is 35.0 Å². The fourth-order valence-corrected chi connectivity index (χ4v) is 4.83. The zero-order valence-corrected chi connectivity index (χ0v) is 14.1. The standard InChI is InChI=1S/C15H26N2O3S/c1-11(2)16-9-15(8-14(16)10-18)21(19,20)17-7-5-6-12(3)13(17)4/h8-9,11-13,18H,5-7,10H2,1-4H3. The van der Waals surface area contributed by atoms with Crippen molar-refractivity contribution in [2.75, 3.05) is 6.54 Å². The Hall–Kier alpha value is -0.850. The van der Waals surface area contributed by atoms with Crippen molar-refractivity contribution in [1.82, 2.24) is 8.87 Å². The molecule has 0 saturated carbocycles. The van der Waals surface area contributed by atoms with E-state index in [1.54, 1.807) is 16.6 Å². The summed E-state index contributed by atoms with van der Waals surface area (Å²) in [5.41, 5.74) is 0.640. The van der Waals surface area contributed by atoms with Crippen molar-refractivity contribution in [3.63, 3.8) is 0 Å². The number of rotatable bonds is 4. The normalized spacial score (nSPS) is 24.7. The molecule has 1 aliphatic heterocycles. The third kappa shape index (κ3) is 3.03. The molecule has 2 atom stereocenters. The number of aliphatic hydroxyl groups excluding tert-OH is 1. The molecule has 0 bridgehead atoms. The van der Waals surface area contributed by atoms with Crippen LogP contribution < -0.4 is 0 Å². The van der Waals surface area contributed by atoms with Crippen LogP contribution in [0.2, 0.25) is 0 Å². The summed E-state index contributed by atoms with van der Waals surface area (Å²) in [6, 6.07) is 1.74. The molecule has 120 valence electrons. The third-order valence-electron chi connectivity index (χ3n) is 4.55. The van der Waals surface area contributed by atoms with Gasteiger partial charge in [0.25, 0.3) is 0 Å². The highest BCUT2D eigenvalue weighted by Gasteiger charge is 2.35. The lowest BCUT2D eigenvalue weighted by Crippen LogP contribution is -2.45. The van der Waals surface area contributed by atoms with Gasteiger partial charge in [0.15, 0.2) is 0 Å². The maximum absolute atomic E-state index is 12.9. The highest BCUT2D eigenvalue weighted by molar-refractivity contribution is 7.89. The number of aromatic nitrogens is 1. The molecule has 0 amide bonds. The smallest absolute Gasteiger partial charge is 0.244 e. The molecule has 1 fully saturated rings. The van der Waals surface area contributed by atoms with E-state index < -0.39 is 10.0 Å². The van der Waals surface area contributed by atoms with Gasteiger partial charge in [-0.05, 0) is 45.6 Å². The summed E-state index contributed by atoms with van der Waals surface area (Å²) in [6.45, 7) is 8.45. The maximum atomic E-state index is 12.9. The molecule has 0 aromatic carbocycles. The second kappa shape index (κ2) is 6.10. The van der Waals surface area contributed by atoms with Gasteiger partial charge < -0.3 is 9.67 Å². The lowest BCUT2D eigenvalue weighted by atomic mass is 9.94. The zero-order chi connectivity index (χ0) is 15.8. The van der Waals surface area contributed by atoms with Gasteiger partial charge in [-0.15, -0.1) is 0 Å². The van der Waals surface area contributed by atoms with E-state index in [2.05, 4.69) is 6.92 Å². The van der Waals surface area contributed by atoms with Crippen LogP contribution in [0.5, 0.6) is 0 Å². The monoisotopic (exact) mass is 314 g/mol. The van der Waals surface area contributed by atoms with E-state index in [0.717, 1.165) is 12.8 Å².